The minimum absolute atomic E-state index is 0.175. The van der Waals surface area contributed by atoms with Crippen molar-refractivity contribution in [3.05, 3.63) is 53.6 Å². The molecule has 2 N–H and O–H groups in total. The third kappa shape index (κ3) is 4.61. The number of likely N-dealkylation sites (tertiary alicyclic amines) is 1. The van der Waals surface area contributed by atoms with Gasteiger partial charge in [0, 0.05) is 17.8 Å². The first-order chi connectivity index (χ1) is 13.7. The number of piperidine rings is 1. The molecule has 2 aliphatic rings. The zero-order valence-electron chi connectivity index (χ0n) is 15.6. The Morgan fingerprint density at radius 1 is 1.00 bits per heavy atom. The molecule has 7 heteroatoms. The van der Waals surface area contributed by atoms with E-state index in [-0.39, 0.29) is 17.8 Å². The highest BCUT2D eigenvalue weighted by atomic mass is 32.1. The molecule has 1 fully saturated rings. The van der Waals surface area contributed by atoms with Gasteiger partial charge in [-0.3, -0.25) is 15.0 Å². The molecule has 2 aromatic carbocycles. The molecule has 0 saturated carbocycles. The van der Waals surface area contributed by atoms with Crippen molar-refractivity contribution >= 4 is 28.9 Å². The molecule has 0 radical (unpaired) electrons. The largest absolute Gasteiger partial charge is 0.454 e. The molecule has 1 saturated heterocycles. The Kier molecular flexibility index (Phi) is 5.73. The molecule has 0 aromatic heterocycles. The van der Waals surface area contributed by atoms with Crippen molar-refractivity contribution < 1.29 is 14.3 Å². The molecule has 2 heterocycles. The van der Waals surface area contributed by atoms with Gasteiger partial charge in [0.1, 0.15) is 0 Å². The normalized spacial score (nSPS) is 15.9. The van der Waals surface area contributed by atoms with Gasteiger partial charge in [-0.15, -0.1) is 0 Å². The number of ether oxygens (including phenoxy) is 2. The van der Waals surface area contributed by atoms with Crippen LogP contribution in [0.2, 0.25) is 0 Å². The van der Waals surface area contributed by atoms with Crippen molar-refractivity contribution in [2.75, 3.05) is 25.2 Å². The molecule has 28 heavy (non-hydrogen) atoms. The van der Waals surface area contributed by atoms with Gasteiger partial charge in [-0.2, -0.15) is 0 Å². The third-order valence-electron chi connectivity index (χ3n) is 4.93. The number of benzene rings is 2. The van der Waals surface area contributed by atoms with Gasteiger partial charge < -0.3 is 14.8 Å². The lowest BCUT2D eigenvalue weighted by Crippen LogP contribution is -2.34. The van der Waals surface area contributed by atoms with E-state index in [0.29, 0.717) is 17.1 Å². The SMILES string of the molecule is O=C(NC(=S)Nc1ccc(CN2CCCCC2)cc1)c1ccc2c(c1)OCO2. The monoisotopic (exact) mass is 397 g/mol. The van der Waals surface area contributed by atoms with Crippen molar-refractivity contribution in [1.29, 1.82) is 0 Å². The van der Waals surface area contributed by atoms with Gasteiger partial charge in [0.05, 0.1) is 0 Å². The van der Waals surface area contributed by atoms with Crippen molar-refractivity contribution in [2.45, 2.75) is 25.8 Å². The van der Waals surface area contributed by atoms with Crippen LogP contribution in [-0.2, 0) is 6.54 Å². The van der Waals surface area contributed by atoms with Crippen LogP contribution in [0.1, 0.15) is 35.2 Å². The van der Waals surface area contributed by atoms with Crippen LogP contribution < -0.4 is 20.1 Å². The second-order valence-corrected chi connectivity index (χ2v) is 7.42. The fourth-order valence-electron chi connectivity index (χ4n) is 3.44. The predicted octanol–water partition coefficient (Wildman–Crippen LogP) is 3.53. The number of nitrogens with zero attached hydrogens (tertiary/aromatic N) is 1. The number of hydrogen-bond acceptors (Lipinski definition) is 5. The van der Waals surface area contributed by atoms with Gasteiger partial charge in [-0.1, -0.05) is 18.6 Å². The first-order valence-corrected chi connectivity index (χ1v) is 9.91. The van der Waals surface area contributed by atoms with E-state index in [4.69, 9.17) is 21.7 Å². The second-order valence-electron chi connectivity index (χ2n) is 7.01. The first kappa shape index (κ1) is 18.7. The minimum atomic E-state index is -0.294. The lowest BCUT2D eigenvalue weighted by molar-refractivity contribution is 0.0977. The number of anilines is 1. The summed E-state index contributed by atoms with van der Waals surface area (Å²) in [5.74, 6) is 0.912. The lowest BCUT2D eigenvalue weighted by atomic mass is 10.1. The van der Waals surface area contributed by atoms with Gasteiger partial charge in [-0.25, -0.2) is 0 Å². The number of amides is 1. The molecule has 0 bridgehead atoms. The predicted molar refractivity (Wildman–Crippen MR) is 112 cm³/mol. The van der Waals surface area contributed by atoms with E-state index in [1.165, 1.54) is 37.9 Å². The van der Waals surface area contributed by atoms with Crippen LogP contribution in [0.25, 0.3) is 0 Å². The molecular weight excluding hydrogens is 374 g/mol. The number of fused-ring (bicyclic) bond motifs is 1. The quantitative estimate of drug-likeness (QED) is 0.770. The molecule has 2 aliphatic heterocycles. The van der Waals surface area contributed by atoms with E-state index in [1.54, 1.807) is 18.2 Å². The van der Waals surface area contributed by atoms with Crippen LogP contribution in [0.5, 0.6) is 11.5 Å². The van der Waals surface area contributed by atoms with E-state index >= 15 is 0 Å². The molecule has 2 aromatic rings. The van der Waals surface area contributed by atoms with Crippen molar-refractivity contribution in [1.82, 2.24) is 10.2 Å². The maximum atomic E-state index is 12.4. The molecule has 0 aliphatic carbocycles. The fraction of sp³-hybridized carbons (Fsp3) is 0.333. The molecule has 0 atom stereocenters. The lowest BCUT2D eigenvalue weighted by Gasteiger charge is -2.26. The third-order valence-corrected chi connectivity index (χ3v) is 5.13. The number of carbonyl (C=O) groups excluding carboxylic acids is 1. The average Bonchev–Trinajstić information content (AvgIpc) is 3.18. The van der Waals surface area contributed by atoms with Crippen molar-refractivity contribution in [3.8, 4) is 11.5 Å². The maximum Gasteiger partial charge on any atom is 0.257 e. The van der Waals surface area contributed by atoms with E-state index in [1.807, 2.05) is 12.1 Å². The highest BCUT2D eigenvalue weighted by Gasteiger charge is 2.17. The van der Waals surface area contributed by atoms with Crippen LogP contribution in [0, 0.1) is 0 Å². The van der Waals surface area contributed by atoms with Gasteiger partial charge in [0.2, 0.25) is 6.79 Å². The summed E-state index contributed by atoms with van der Waals surface area (Å²) >= 11 is 5.27. The average molecular weight is 398 g/mol. The maximum absolute atomic E-state index is 12.4. The van der Waals surface area contributed by atoms with Crippen molar-refractivity contribution in [3.63, 3.8) is 0 Å². The summed E-state index contributed by atoms with van der Waals surface area (Å²) in [5, 5.41) is 6.00. The Balaban J connectivity index is 1.30. The Hall–Kier alpha value is -2.64. The summed E-state index contributed by atoms with van der Waals surface area (Å²) < 4.78 is 10.6. The van der Waals surface area contributed by atoms with Crippen LogP contribution in [0.4, 0.5) is 5.69 Å². The van der Waals surface area contributed by atoms with Crippen LogP contribution in [0.3, 0.4) is 0 Å². The zero-order chi connectivity index (χ0) is 19.3. The Morgan fingerprint density at radius 3 is 2.54 bits per heavy atom. The topological polar surface area (TPSA) is 62.8 Å². The van der Waals surface area contributed by atoms with Gasteiger partial charge in [0.15, 0.2) is 16.6 Å². The second kappa shape index (κ2) is 8.58. The molecular formula is C21H23N3O3S. The number of rotatable bonds is 4. The van der Waals surface area contributed by atoms with E-state index in [0.717, 1.165) is 12.2 Å². The molecule has 146 valence electrons. The Labute approximate surface area is 169 Å². The van der Waals surface area contributed by atoms with Gasteiger partial charge in [-0.05, 0) is 74.0 Å². The molecule has 0 spiro atoms. The number of thiocarbonyl (C=S) groups is 1. The van der Waals surface area contributed by atoms with Crippen molar-refractivity contribution in [2.24, 2.45) is 0 Å². The van der Waals surface area contributed by atoms with E-state index < -0.39 is 0 Å². The summed E-state index contributed by atoms with van der Waals surface area (Å²) in [4.78, 5) is 14.9. The summed E-state index contributed by atoms with van der Waals surface area (Å²) in [7, 11) is 0. The summed E-state index contributed by atoms with van der Waals surface area (Å²) in [5.41, 5.74) is 2.59. The first-order valence-electron chi connectivity index (χ1n) is 9.51. The number of carbonyl (C=O) groups is 1. The summed E-state index contributed by atoms with van der Waals surface area (Å²) in [6.45, 7) is 3.51. The molecule has 4 rings (SSSR count). The van der Waals surface area contributed by atoms with Crippen LogP contribution in [0.15, 0.2) is 42.5 Å². The highest BCUT2D eigenvalue weighted by molar-refractivity contribution is 7.80. The number of hydrogen-bond donors (Lipinski definition) is 2. The molecule has 0 unspecified atom stereocenters. The van der Waals surface area contributed by atoms with E-state index in [2.05, 4.69) is 27.7 Å². The fourth-order valence-corrected chi connectivity index (χ4v) is 3.66. The molecule has 6 nitrogen and oxygen atoms in total. The standard InChI is InChI=1S/C21H23N3O3S/c25-20(16-6-9-18-19(12-16)27-14-26-18)23-21(28)22-17-7-4-15(5-8-17)13-24-10-2-1-3-11-24/h4-9,12H,1-3,10-11,13-14H2,(H2,22,23,25,28). The minimum Gasteiger partial charge on any atom is -0.454 e. The Bertz CT molecular complexity index is 864. The van der Waals surface area contributed by atoms with E-state index in [9.17, 15) is 4.79 Å². The molecule has 1 amide bonds. The van der Waals surface area contributed by atoms with Gasteiger partial charge in [0.25, 0.3) is 5.91 Å². The van der Waals surface area contributed by atoms with Crippen LogP contribution >= 0.6 is 12.2 Å². The number of nitrogens with one attached hydrogen (secondary N) is 2. The zero-order valence-corrected chi connectivity index (χ0v) is 16.4. The van der Waals surface area contributed by atoms with Gasteiger partial charge >= 0.3 is 0 Å². The summed E-state index contributed by atoms with van der Waals surface area (Å²) in [6, 6.07) is 13.2. The highest BCUT2D eigenvalue weighted by Crippen LogP contribution is 2.32. The Morgan fingerprint density at radius 2 is 1.75 bits per heavy atom. The smallest absolute Gasteiger partial charge is 0.257 e. The summed E-state index contributed by atoms with van der Waals surface area (Å²) in [6.07, 6.45) is 3.92. The van der Waals surface area contributed by atoms with Crippen LogP contribution in [-0.4, -0.2) is 35.8 Å².